The first-order valence-corrected chi connectivity index (χ1v) is 7.26. The zero-order valence-electron chi connectivity index (χ0n) is 10.1. The fraction of sp³-hybridized carbons (Fsp3) is 0. The molecule has 1 aromatic heterocycles. The maximum Gasteiger partial charge on any atom is 0.371 e. The molecule has 0 aliphatic rings. The molecule has 6 heteroatoms. The fourth-order valence-electron chi connectivity index (χ4n) is 1.42. The predicted molar refractivity (Wildman–Crippen MR) is 77.6 cm³/mol. The van der Waals surface area contributed by atoms with Crippen LogP contribution in [-0.4, -0.2) is 22.0 Å². The van der Waals surface area contributed by atoms with Crippen LogP contribution in [0.2, 0.25) is 0 Å². The summed E-state index contributed by atoms with van der Waals surface area (Å²) in [6.07, 6.45) is 0.722. The largest absolute Gasteiger partial charge is 0.502 e. The van der Waals surface area contributed by atoms with Crippen LogP contribution >= 0.6 is 23.1 Å². The lowest BCUT2D eigenvalue weighted by molar-refractivity contribution is -0.135. The number of hydrogen-bond acceptors (Lipinski definition) is 5. The van der Waals surface area contributed by atoms with E-state index < -0.39 is 17.5 Å². The summed E-state index contributed by atoms with van der Waals surface area (Å²) in [7, 11) is 0. The van der Waals surface area contributed by atoms with Gasteiger partial charge in [-0.15, -0.1) is 11.3 Å². The normalized spacial score (nSPS) is 11.3. The lowest BCUT2D eigenvalue weighted by atomic mass is 10.2. The van der Waals surface area contributed by atoms with Gasteiger partial charge >= 0.3 is 5.97 Å². The third kappa shape index (κ3) is 3.49. The topological polar surface area (TPSA) is 74.6 Å². The van der Waals surface area contributed by atoms with Crippen LogP contribution in [-0.2, 0) is 4.79 Å². The summed E-state index contributed by atoms with van der Waals surface area (Å²) in [6.45, 7) is 0. The Kier molecular flexibility index (Phi) is 4.60. The number of hydrogen-bond donors (Lipinski definition) is 2. The van der Waals surface area contributed by atoms with Gasteiger partial charge in [0.25, 0.3) is 0 Å². The molecule has 0 unspecified atom stereocenters. The number of carboxylic acid groups (broad SMARTS) is 1. The Bertz CT molecular complexity index is 659. The Morgan fingerprint density at radius 1 is 1.10 bits per heavy atom. The predicted octanol–water partition coefficient (Wildman–Crippen LogP) is 3.61. The molecule has 4 nitrogen and oxygen atoms in total. The second kappa shape index (κ2) is 6.40. The van der Waals surface area contributed by atoms with Crippen molar-refractivity contribution in [2.75, 3.05) is 0 Å². The van der Waals surface area contributed by atoms with Gasteiger partial charge < -0.3 is 10.2 Å². The second-order valence-corrected chi connectivity index (χ2v) is 5.99. The van der Waals surface area contributed by atoms with E-state index in [-0.39, 0.29) is 0 Å². The smallest absolute Gasteiger partial charge is 0.371 e. The highest BCUT2D eigenvalue weighted by Crippen LogP contribution is 2.35. The summed E-state index contributed by atoms with van der Waals surface area (Å²) in [5.41, 5.74) is 0.386. The fourth-order valence-corrected chi connectivity index (χ4v) is 3.47. The number of carboxylic acids is 1. The van der Waals surface area contributed by atoms with Crippen molar-refractivity contribution in [2.45, 2.75) is 9.10 Å². The molecule has 1 heterocycles. The molecule has 0 atom stereocenters. The number of allylic oxidation sites excluding steroid dienone is 1. The number of thiophene rings is 1. The Labute approximate surface area is 123 Å². The summed E-state index contributed by atoms with van der Waals surface area (Å²) >= 11 is 2.82. The molecule has 20 heavy (non-hydrogen) atoms. The highest BCUT2D eigenvalue weighted by molar-refractivity contribution is 8.01. The van der Waals surface area contributed by atoms with E-state index in [4.69, 9.17) is 10.2 Å². The van der Waals surface area contributed by atoms with Crippen LogP contribution in [0.4, 0.5) is 0 Å². The Hall–Kier alpha value is -2.05. The van der Waals surface area contributed by atoms with Gasteiger partial charge in [-0.3, -0.25) is 4.79 Å². The standard InChI is InChI=1S/C14H10O4S2/c15-11(8-12(16)13(17)18)10-6-7-19-14(10)20-9-4-2-1-3-5-9/h1-8,16H,(H,17,18). The summed E-state index contributed by atoms with van der Waals surface area (Å²) in [4.78, 5) is 23.4. The van der Waals surface area contributed by atoms with Crippen LogP contribution in [0.25, 0.3) is 0 Å². The third-order valence-corrected chi connectivity index (χ3v) is 4.49. The van der Waals surface area contributed by atoms with Crippen LogP contribution in [0.15, 0.2) is 62.7 Å². The lowest BCUT2D eigenvalue weighted by Crippen LogP contribution is -2.03. The minimum absolute atomic E-state index is 0.386. The first kappa shape index (κ1) is 14.4. The van der Waals surface area contributed by atoms with Crippen LogP contribution in [0, 0.1) is 0 Å². The molecule has 0 saturated carbocycles. The number of benzene rings is 1. The number of aliphatic hydroxyl groups excluding tert-OH is 1. The van der Waals surface area contributed by atoms with Crippen LogP contribution in [0.3, 0.4) is 0 Å². The van der Waals surface area contributed by atoms with E-state index in [1.54, 1.807) is 11.4 Å². The first-order valence-electron chi connectivity index (χ1n) is 5.56. The van der Waals surface area contributed by atoms with Crippen molar-refractivity contribution in [3.63, 3.8) is 0 Å². The highest BCUT2D eigenvalue weighted by atomic mass is 32.2. The molecule has 1 aromatic carbocycles. The molecule has 2 N–H and O–H groups in total. The van der Waals surface area contributed by atoms with E-state index in [1.807, 2.05) is 30.3 Å². The molecular formula is C14H10O4S2. The van der Waals surface area contributed by atoms with Gasteiger partial charge in [-0.25, -0.2) is 4.79 Å². The molecule has 2 aromatic rings. The summed E-state index contributed by atoms with van der Waals surface area (Å²) in [6, 6.07) is 11.1. The minimum atomic E-state index is -1.52. The van der Waals surface area contributed by atoms with Crippen molar-refractivity contribution < 1.29 is 19.8 Å². The number of aliphatic carboxylic acids is 1. The van der Waals surface area contributed by atoms with Crippen molar-refractivity contribution in [1.29, 1.82) is 0 Å². The minimum Gasteiger partial charge on any atom is -0.502 e. The first-order chi connectivity index (χ1) is 9.58. The SMILES string of the molecule is O=C(O)C(O)=CC(=O)c1ccsc1Sc1ccccc1. The van der Waals surface area contributed by atoms with Crippen LogP contribution < -0.4 is 0 Å². The van der Waals surface area contributed by atoms with Crippen molar-refractivity contribution >= 4 is 34.9 Å². The maximum absolute atomic E-state index is 11.9. The van der Waals surface area contributed by atoms with Crippen LogP contribution in [0.1, 0.15) is 10.4 Å². The molecular weight excluding hydrogens is 296 g/mol. The molecule has 0 radical (unpaired) electrons. The van der Waals surface area contributed by atoms with Gasteiger partial charge in [0.2, 0.25) is 5.76 Å². The van der Waals surface area contributed by atoms with Crippen molar-refractivity contribution in [1.82, 2.24) is 0 Å². The van der Waals surface area contributed by atoms with E-state index in [0.717, 1.165) is 15.2 Å². The molecule has 2 rings (SSSR count). The Balaban J connectivity index is 2.23. The van der Waals surface area contributed by atoms with Crippen LogP contribution in [0.5, 0.6) is 0 Å². The van der Waals surface area contributed by atoms with E-state index in [0.29, 0.717) is 5.56 Å². The van der Waals surface area contributed by atoms with Gasteiger partial charge in [0.1, 0.15) is 0 Å². The average molecular weight is 306 g/mol. The van der Waals surface area contributed by atoms with Gasteiger partial charge in [0, 0.05) is 16.5 Å². The zero-order chi connectivity index (χ0) is 14.5. The number of rotatable bonds is 5. The Morgan fingerprint density at radius 3 is 2.45 bits per heavy atom. The molecule has 0 aliphatic heterocycles. The van der Waals surface area contributed by atoms with Crippen molar-refractivity contribution in [3.05, 3.63) is 59.2 Å². The van der Waals surface area contributed by atoms with E-state index in [1.165, 1.54) is 23.1 Å². The lowest BCUT2D eigenvalue weighted by Gasteiger charge is -2.01. The molecule has 102 valence electrons. The number of carbonyl (C=O) groups is 2. The van der Waals surface area contributed by atoms with Crippen molar-refractivity contribution in [3.8, 4) is 0 Å². The maximum atomic E-state index is 11.9. The number of carbonyl (C=O) groups excluding carboxylic acids is 1. The molecule has 0 amide bonds. The molecule has 0 aliphatic carbocycles. The molecule has 0 saturated heterocycles. The van der Waals surface area contributed by atoms with Gasteiger partial charge in [-0.05, 0) is 23.6 Å². The average Bonchev–Trinajstić information content (AvgIpc) is 2.88. The Morgan fingerprint density at radius 2 is 1.80 bits per heavy atom. The quantitative estimate of drug-likeness (QED) is 0.501. The summed E-state index contributed by atoms with van der Waals surface area (Å²) in [5.74, 6) is -3.01. The van der Waals surface area contributed by atoms with Gasteiger partial charge in [-0.2, -0.15) is 0 Å². The molecule has 0 bridgehead atoms. The van der Waals surface area contributed by atoms with Crippen molar-refractivity contribution in [2.24, 2.45) is 0 Å². The van der Waals surface area contributed by atoms with E-state index in [2.05, 4.69) is 0 Å². The van der Waals surface area contributed by atoms with Gasteiger partial charge in [0.15, 0.2) is 5.78 Å². The molecule has 0 fully saturated rings. The molecule has 0 spiro atoms. The van der Waals surface area contributed by atoms with Gasteiger partial charge in [-0.1, -0.05) is 30.0 Å². The van der Waals surface area contributed by atoms with Gasteiger partial charge in [0.05, 0.1) is 4.21 Å². The number of aliphatic hydroxyl groups is 1. The third-order valence-electron chi connectivity index (χ3n) is 2.34. The number of ketones is 1. The van der Waals surface area contributed by atoms with E-state index >= 15 is 0 Å². The monoisotopic (exact) mass is 306 g/mol. The summed E-state index contributed by atoms with van der Waals surface area (Å²) < 4.78 is 0.760. The highest BCUT2D eigenvalue weighted by Gasteiger charge is 2.15. The summed E-state index contributed by atoms with van der Waals surface area (Å²) in [5, 5.41) is 19.4. The van der Waals surface area contributed by atoms with E-state index in [9.17, 15) is 9.59 Å². The zero-order valence-corrected chi connectivity index (χ0v) is 11.8. The second-order valence-electron chi connectivity index (χ2n) is 3.74.